The van der Waals surface area contributed by atoms with Gasteiger partial charge in [0.05, 0.1) is 26.0 Å². The highest BCUT2D eigenvalue weighted by atomic mass is 16.5. The van der Waals surface area contributed by atoms with E-state index < -0.39 is 0 Å². The maximum Gasteiger partial charge on any atom is 0.278 e. The van der Waals surface area contributed by atoms with E-state index in [2.05, 4.69) is 10.1 Å². The molecule has 2 aromatic heterocycles. The van der Waals surface area contributed by atoms with Crippen molar-refractivity contribution in [2.24, 2.45) is 0 Å². The zero-order valence-corrected chi connectivity index (χ0v) is 16.0. The van der Waals surface area contributed by atoms with Gasteiger partial charge in [-0.25, -0.2) is 0 Å². The van der Waals surface area contributed by atoms with Gasteiger partial charge in [-0.3, -0.25) is 4.68 Å². The van der Waals surface area contributed by atoms with Gasteiger partial charge in [-0.15, -0.1) is 0 Å². The molecule has 7 heteroatoms. The molecule has 28 heavy (non-hydrogen) atoms. The summed E-state index contributed by atoms with van der Waals surface area (Å²) in [7, 11) is 1.67. The number of rotatable bonds is 4. The Hall–Kier alpha value is -2.67. The van der Waals surface area contributed by atoms with Crippen LogP contribution in [0.1, 0.15) is 61.2 Å². The molecule has 0 N–H and O–H groups in total. The normalized spacial score (nSPS) is 20.1. The van der Waals surface area contributed by atoms with Gasteiger partial charge in [-0.2, -0.15) is 10.1 Å². The van der Waals surface area contributed by atoms with Crippen LogP contribution in [0.4, 0.5) is 0 Å². The van der Waals surface area contributed by atoms with Gasteiger partial charge < -0.3 is 14.0 Å². The molecule has 146 valence electrons. The molecule has 5 rings (SSSR count). The molecule has 0 amide bonds. The minimum Gasteiger partial charge on any atom is -0.497 e. The van der Waals surface area contributed by atoms with Crippen molar-refractivity contribution < 1.29 is 14.0 Å². The second kappa shape index (κ2) is 7.39. The molecule has 0 spiro atoms. The molecular formula is C21H24N4O3. The fraction of sp³-hybridized carbons (Fsp3) is 0.476. The van der Waals surface area contributed by atoms with Crippen molar-refractivity contribution in [3.63, 3.8) is 0 Å². The van der Waals surface area contributed by atoms with Crippen molar-refractivity contribution in [3.8, 4) is 17.3 Å². The standard InChI is InChI=1S/C21H24N4O3/c1-26-17-9-7-14(8-10-17)19-12-25-16(13-27-19)11-18(23-25)21-22-20(24-28-21)15-5-3-2-4-6-15/h7-11,15,19H,2-6,12-13H2,1H3/t19-/m0/s1. The summed E-state index contributed by atoms with van der Waals surface area (Å²) in [4.78, 5) is 4.64. The van der Waals surface area contributed by atoms with E-state index >= 15 is 0 Å². The average molecular weight is 380 g/mol. The molecule has 1 saturated carbocycles. The Labute approximate surface area is 163 Å². The van der Waals surface area contributed by atoms with Crippen LogP contribution in [-0.2, 0) is 17.9 Å². The van der Waals surface area contributed by atoms with Crippen molar-refractivity contribution in [2.45, 2.75) is 57.3 Å². The first-order valence-corrected chi connectivity index (χ1v) is 9.96. The van der Waals surface area contributed by atoms with E-state index in [-0.39, 0.29) is 6.10 Å². The lowest BCUT2D eigenvalue weighted by molar-refractivity contribution is -0.00115. The molecule has 0 radical (unpaired) electrons. The molecule has 2 aliphatic rings. The van der Waals surface area contributed by atoms with E-state index in [0.29, 0.717) is 25.0 Å². The summed E-state index contributed by atoms with van der Waals surface area (Å²) >= 11 is 0. The Balaban J connectivity index is 1.33. The highest BCUT2D eigenvalue weighted by Crippen LogP contribution is 2.33. The predicted molar refractivity (Wildman–Crippen MR) is 102 cm³/mol. The second-order valence-corrected chi connectivity index (χ2v) is 7.57. The molecule has 0 saturated heterocycles. The molecule has 1 fully saturated rings. The van der Waals surface area contributed by atoms with Gasteiger partial charge in [-0.05, 0) is 36.6 Å². The first-order chi connectivity index (χ1) is 13.8. The zero-order chi connectivity index (χ0) is 18.9. The van der Waals surface area contributed by atoms with Crippen molar-refractivity contribution in [1.82, 2.24) is 19.9 Å². The van der Waals surface area contributed by atoms with E-state index in [0.717, 1.165) is 41.4 Å². The molecule has 1 aromatic carbocycles. The maximum atomic E-state index is 6.05. The third-order valence-corrected chi connectivity index (χ3v) is 5.75. The van der Waals surface area contributed by atoms with Crippen LogP contribution in [0.5, 0.6) is 5.75 Å². The molecule has 7 nitrogen and oxygen atoms in total. The van der Waals surface area contributed by atoms with E-state index in [1.807, 2.05) is 35.0 Å². The number of aromatic nitrogens is 4. The smallest absolute Gasteiger partial charge is 0.278 e. The van der Waals surface area contributed by atoms with Crippen LogP contribution >= 0.6 is 0 Å². The third-order valence-electron chi connectivity index (χ3n) is 5.75. The minimum atomic E-state index is -0.0355. The van der Waals surface area contributed by atoms with Gasteiger partial charge in [0.2, 0.25) is 0 Å². The van der Waals surface area contributed by atoms with Crippen LogP contribution in [0, 0.1) is 0 Å². The average Bonchev–Trinajstić information content (AvgIpc) is 3.41. The zero-order valence-electron chi connectivity index (χ0n) is 16.0. The number of benzene rings is 1. The summed E-state index contributed by atoms with van der Waals surface area (Å²) < 4.78 is 18.8. The highest BCUT2D eigenvalue weighted by Gasteiger charge is 2.26. The summed E-state index contributed by atoms with van der Waals surface area (Å²) in [5, 5.41) is 8.93. The Kier molecular flexibility index (Phi) is 4.60. The Bertz CT molecular complexity index is 941. The summed E-state index contributed by atoms with van der Waals surface area (Å²) in [6, 6.07) is 9.96. The van der Waals surface area contributed by atoms with Crippen molar-refractivity contribution in [3.05, 3.63) is 47.4 Å². The first kappa shape index (κ1) is 17.4. The van der Waals surface area contributed by atoms with Gasteiger partial charge >= 0.3 is 0 Å². The number of methoxy groups -OCH3 is 1. The van der Waals surface area contributed by atoms with Gasteiger partial charge in [0, 0.05) is 5.92 Å². The van der Waals surface area contributed by atoms with E-state index in [1.165, 1.54) is 19.3 Å². The highest BCUT2D eigenvalue weighted by molar-refractivity contribution is 5.47. The fourth-order valence-electron chi connectivity index (χ4n) is 4.12. The summed E-state index contributed by atoms with van der Waals surface area (Å²) in [5.41, 5.74) is 2.86. The number of hydrogen-bond acceptors (Lipinski definition) is 6. The van der Waals surface area contributed by atoms with Crippen molar-refractivity contribution in [1.29, 1.82) is 0 Å². The van der Waals surface area contributed by atoms with Gasteiger partial charge in [0.1, 0.15) is 11.9 Å². The summed E-state index contributed by atoms with van der Waals surface area (Å²) in [6.45, 7) is 1.17. The molecule has 0 bridgehead atoms. The Morgan fingerprint density at radius 1 is 1.11 bits per heavy atom. The lowest BCUT2D eigenvalue weighted by atomic mass is 9.89. The predicted octanol–water partition coefficient (Wildman–Crippen LogP) is 4.26. The molecule has 1 aliphatic carbocycles. The minimum absolute atomic E-state index is 0.0355. The largest absolute Gasteiger partial charge is 0.497 e. The van der Waals surface area contributed by atoms with Crippen molar-refractivity contribution >= 4 is 0 Å². The quantitative estimate of drug-likeness (QED) is 0.673. The van der Waals surface area contributed by atoms with Crippen LogP contribution in [0.2, 0.25) is 0 Å². The molecule has 0 unspecified atom stereocenters. The molecule has 1 aliphatic heterocycles. The summed E-state index contributed by atoms with van der Waals surface area (Å²) in [6.07, 6.45) is 6.07. The second-order valence-electron chi connectivity index (χ2n) is 7.57. The topological polar surface area (TPSA) is 75.2 Å². The first-order valence-electron chi connectivity index (χ1n) is 9.96. The Morgan fingerprint density at radius 2 is 1.93 bits per heavy atom. The molecule has 3 aromatic rings. The number of ether oxygens (including phenoxy) is 2. The molecule has 1 atom stereocenters. The monoisotopic (exact) mass is 380 g/mol. The lowest BCUT2D eigenvalue weighted by Crippen LogP contribution is -2.21. The molecular weight excluding hydrogens is 356 g/mol. The van der Waals surface area contributed by atoms with Gasteiger partial charge in [-0.1, -0.05) is 36.6 Å². The maximum absolute atomic E-state index is 6.05. The van der Waals surface area contributed by atoms with Crippen LogP contribution in [-0.4, -0.2) is 27.0 Å². The summed E-state index contributed by atoms with van der Waals surface area (Å²) in [5.74, 6) is 2.59. The van der Waals surface area contributed by atoms with Gasteiger partial charge in [0.15, 0.2) is 11.5 Å². The number of hydrogen-bond donors (Lipinski definition) is 0. The number of fused-ring (bicyclic) bond motifs is 1. The third kappa shape index (κ3) is 3.30. The number of nitrogens with zero attached hydrogens (tertiary/aromatic N) is 4. The van der Waals surface area contributed by atoms with Crippen LogP contribution in [0.25, 0.3) is 11.6 Å². The van der Waals surface area contributed by atoms with Crippen molar-refractivity contribution in [2.75, 3.05) is 7.11 Å². The molecule has 3 heterocycles. The van der Waals surface area contributed by atoms with E-state index in [9.17, 15) is 0 Å². The SMILES string of the molecule is COc1ccc([C@@H]2Cn3nc(-c4nc(C5CCCCC5)no4)cc3CO2)cc1. The van der Waals surface area contributed by atoms with E-state index in [1.54, 1.807) is 7.11 Å². The van der Waals surface area contributed by atoms with Crippen LogP contribution in [0.3, 0.4) is 0 Å². The fourth-order valence-corrected chi connectivity index (χ4v) is 4.12. The Morgan fingerprint density at radius 3 is 2.71 bits per heavy atom. The van der Waals surface area contributed by atoms with Crippen LogP contribution in [0.15, 0.2) is 34.9 Å². The van der Waals surface area contributed by atoms with Gasteiger partial charge in [0.25, 0.3) is 5.89 Å². The lowest BCUT2D eigenvalue weighted by Gasteiger charge is -2.24. The van der Waals surface area contributed by atoms with Crippen LogP contribution < -0.4 is 4.74 Å². The van der Waals surface area contributed by atoms with E-state index in [4.69, 9.17) is 19.1 Å².